The van der Waals surface area contributed by atoms with Crippen molar-refractivity contribution in [1.82, 2.24) is 5.43 Å². The Morgan fingerprint density at radius 3 is 2.69 bits per heavy atom. The lowest BCUT2D eigenvalue weighted by Crippen LogP contribution is -2.34. The zero-order valence-electron chi connectivity index (χ0n) is 7.90. The normalized spacial score (nSPS) is 28.5. The van der Waals surface area contributed by atoms with E-state index in [4.69, 9.17) is 5.84 Å². The van der Waals surface area contributed by atoms with Gasteiger partial charge in [-0.3, -0.25) is 11.3 Å². The number of nitrogens with one attached hydrogen (secondary N) is 1. The van der Waals surface area contributed by atoms with Crippen LogP contribution >= 0.6 is 0 Å². The summed E-state index contributed by atoms with van der Waals surface area (Å²) in [5.74, 6) is 6.86. The molecule has 13 heavy (non-hydrogen) atoms. The average Bonchev–Trinajstić information content (AvgIpc) is 2.98. The Bertz CT molecular complexity index is 271. The van der Waals surface area contributed by atoms with Gasteiger partial charge in [-0.2, -0.15) is 0 Å². The van der Waals surface area contributed by atoms with Crippen LogP contribution in [0.3, 0.4) is 0 Å². The highest BCUT2D eigenvalue weighted by molar-refractivity contribution is 5.26. The predicted molar refractivity (Wildman–Crippen MR) is 54.1 cm³/mol. The Labute approximate surface area is 79.1 Å². The molecule has 1 fully saturated rings. The molecule has 0 heterocycles. The minimum atomic E-state index is 0.435. The van der Waals surface area contributed by atoms with E-state index in [1.807, 2.05) is 0 Å². The first-order valence-electron chi connectivity index (χ1n) is 4.84. The summed E-state index contributed by atoms with van der Waals surface area (Å²) in [6.45, 7) is 2.15. The van der Waals surface area contributed by atoms with Gasteiger partial charge in [0.2, 0.25) is 0 Å². The largest absolute Gasteiger partial charge is 0.271 e. The van der Waals surface area contributed by atoms with E-state index < -0.39 is 0 Å². The molecule has 0 radical (unpaired) electrons. The van der Waals surface area contributed by atoms with Crippen LogP contribution in [-0.2, 0) is 0 Å². The molecule has 0 amide bonds. The molecule has 2 rings (SSSR count). The van der Waals surface area contributed by atoms with Crippen molar-refractivity contribution in [3.8, 4) is 0 Å². The van der Waals surface area contributed by atoms with Crippen molar-refractivity contribution in [2.75, 3.05) is 0 Å². The summed E-state index contributed by atoms with van der Waals surface area (Å²) in [6, 6.07) is 11.1. The second-order valence-electron chi connectivity index (χ2n) is 3.87. The Kier molecular flexibility index (Phi) is 2.34. The van der Waals surface area contributed by atoms with E-state index in [1.54, 1.807) is 0 Å². The van der Waals surface area contributed by atoms with Gasteiger partial charge in [0.1, 0.15) is 0 Å². The highest BCUT2D eigenvalue weighted by Gasteiger charge is 2.41. The number of hydrogen-bond donors (Lipinski definition) is 2. The van der Waals surface area contributed by atoms with Crippen molar-refractivity contribution in [3.63, 3.8) is 0 Å². The smallest absolute Gasteiger partial charge is 0.0216 e. The van der Waals surface area contributed by atoms with Crippen LogP contribution in [0.5, 0.6) is 0 Å². The number of rotatable bonds is 3. The van der Waals surface area contributed by atoms with Crippen molar-refractivity contribution in [2.45, 2.75) is 25.3 Å². The minimum Gasteiger partial charge on any atom is -0.271 e. The van der Waals surface area contributed by atoms with Crippen LogP contribution in [0.4, 0.5) is 0 Å². The number of hydrogen-bond acceptors (Lipinski definition) is 2. The van der Waals surface area contributed by atoms with Crippen LogP contribution in [0, 0.1) is 5.92 Å². The lowest BCUT2D eigenvalue weighted by molar-refractivity contribution is 0.504. The maximum absolute atomic E-state index is 5.40. The zero-order valence-corrected chi connectivity index (χ0v) is 7.90. The molecule has 1 saturated carbocycles. The maximum Gasteiger partial charge on any atom is 0.0216 e. The van der Waals surface area contributed by atoms with Crippen molar-refractivity contribution < 1.29 is 0 Å². The van der Waals surface area contributed by atoms with Gasteiger partial charge in [-0.05, 0) is 30.7 Å². The van der Waals surface area contributed by atoms with Gasteiger partial charge in [-0.1, -0.05) is 30.3 Å². The van der Waals surface area contributed by atoms with E-state index in [9.17, 15) is 0 Å². The average molecular weight is 176 g/mol. The van der Waals surface area contributed by atoms with E-state index in [0.29, 0.717) is 6.04 Å². The van der Waals surface area contributed by atoms with Gasteiger partial charge < -0.3 is 0 Å². The second-order valence-corrected chi connectivity index (χ2v) is 3.87. The van der Waals surface area contributed by atoms with E-state index in [0.717, 1.165) is 11.8 Å². The summed E-state index contributed by atoms with van der Waals surface area (Å²) >= 11 is 0. The van der Waals surface area contributed by atoms with Gasteiger partial charge in [-0.15, -0.1) is 0 Å². The molecule has 1 aromatic rings. The highest BCUT2D eigenvalue weighted by Crippen LogP contribution is 2.49. The Morgan fingerprint density at radius 2 is 2.08 bits per heavy atom. The van der Waals surface area contributed by atoms with Crippen LogP contribution < -0.4 is 11.3 Å². The molecule has 2 heteroatoms. The third kappa shape index (κ3) is 1.74. The standard InChI is InChI=1S/C11H16N2/c1-8(13-12)10-7-11(10)9-5-3-2-4-6-9/h2-6,8,10-11,13H,7,12H2,1H3. The van der Waals surface area contributed by atoms with Crippen LogP contribution in [0.25, 0.3) is 0 Å². The number of hydrazine groups is 1. The van der Waals surface area contributed by atoms with Gasteiger partial charge in [-0.25, -0.2) is 0 Å². The van der Waals surface area contributed by atoms with E-state index in [2.05, 4.69) is 42.7 Å². The predicted octanol–water partition coefficient (Wildman–Crippen LogP) is 1.64. The fourth-order valence-electron chi connectivity index (χ4n) is 1.97. The molecule has 3 N–H and O–H groups in total. The van der Waals surface area contributed by atoms with Crippen molar-refractivity contribution >= 4 is 0 Å². The molecule has 0 aliphatic heterocycles. The molecule has 1 aliphatic rings. The topological polar surface area (TPSA) is 38.0 Å². The molecule has 0 aromatic heterocycles. The molecule has 1 aliphatic carbocycles. The summed E-state index contributed by atoms with van der Waals surface area (Å²) in [5, 5.41) is 0. The van der Waals surface area contributed by atoms with Crippen molar-refractivity contribution in [2.24, 2.45) is 11.8 Å². The van der Waals surface area contributed by atoms with E-state index in [-0.39, 0.29) is 0 Å². The van der Waals surface area contributed by atoms with Gasteiger partial charge in [0, 0.05) is 6.04 Å². The lowest BCUT2D eigenvalue weighted by Gasteiger charge is -2.08. The molecule has 0 bridgehead atoms. The van der Waals surface area contributed by atoms with Crippen molar-refractivity contribution in [3.05, 3.63) is 35.9 Å². The van der Waals surface area contributed by atoms with Crippen molar-refractivity contribution in [1.29, 1.82) is 0 Å². The van der Waals surface area contributed by atoms with Crippen LogP contribution in [0.1, 0.15) is 24.8 Å². The van der Waals surface area contributed by atoms with Gasteiger partial charge in [0.15, 0.2) is 0 Å². The molecule has 3 atom stereocenters. The summed E-state index contributed by atoms with van der Waals surface area (Å²) in [5.41, 5.74) is 4.28. The van der Waals surface area contributed by atoms with Gasteiger partial charge >= 0.3 is 0 Å². The molecule has 70 valence electrons. The molecular weight excluding hydrogens is 160 g/mol. The molecule has 1 aromatic carbocycles. The third-order valence-electron chi connectivity index (χ3n) is 2.97. The van der Waals surface area contributed by atoms with Crippen LogP contribution in [-0.4, -0.2) is 6.04 Å². The molecule has 3 unspecified atom stereocenters. The number of benzene rings is 1. The first-order chi connectivity index (χ1) is 6.33. The fourth-order valence-corrected chi connectivity index (χ4v) is 1.97. The first-order valence-corrected chi connectivity index (χ1v) is 4.84. The van der Waals surface area contributed by atoms with Gasteiger partial charge in [0.25, 0.3) is 0 Å². The molecule has 2 nitrogen and oxygen atoms in total. The molecular formula is C11H16N2. The summed E-state index contributed by atoms with van der Waals surface area (Å²) in [4.78, 5) is 0. The summed E-state index contributed by atoms with van der Waals surface area (Å²) in [6.07, 6.45) is 1.27. The highest BCUT2D eigenvalue weighted by atomic mass is 15.2. The van der Waals surface area contributed by atoms with E-state index >= 15 is 0 Å². The zero-order chi connectivity index (χ0) is 9.26. The fraction of sp³-hybridized carbons (Fsp3) is 0.455. The van der Waals surface area contributed by atoms with Gasteiger partial charge in [0.05, 0.1) is 0 Å². The second kappa shape index (κ2) is 3.48. The quantitative estimate of drug-likeness (QED) is 0.543. The summed E-state index contributed by atoms with van der Waals surface area (Å²) in [7, 11) is 0. The minimum absolute atomic E-state index is 0.435. The van der Waals surface area contributed by atoms with E-state index in [1.165, 1.54) is 12.0 Å². The molecule has 0 saturated heterocycles. The Morgan fingerprint density at radius 1 is 1.38 bits per heavy atom. The number of nitrogens with two attached hydrogens (primary N) is 1. The monoisotopic (exact) mass is 176 g/mol. The first kappa shape index (κ1) is 8.73. The Balaban J connectivity index is 2.00. The van der Waals surface area contributed by atoms with Crippen LogP contribution in [0.15, 0.2) is 30.3 Å². The Hall–Kier alpha value is -0.860. The SMILES string of the molecule is CC(NN)C1CC1c1ccccc1. The molecule has 0 spiro atoms. The lowest BCUT2D eigenvalue weighted by atomic mass is 10.1. The maximum atomic E-state index is 5.40. The third-order valence-corrected chi connectivity index (χ3v) is 2.97. The summed E-state index contributed by atoms with van der Waals surface area (Å²) < 4.78 is 0. The van der Waals surface area contributed by atoms with Crippen LogP contribution in [0.2, 0.25) is 0 Å².